The number of rotatable bonds is 4. The normalized spacial score (nSPS) is 10.2. The first-order valence-corrected chi connectivity index (χ1v) is 7.14. The van der Waals surface area contributed by atoms with Crippen LogP contribution < -0.4 is 4.74 Å². The number of halogens is 3. The monoisotopic (exact) mass is 428 g/mol. The number of amides is 1. The zero-order valence-electron chi connectivity index (χ0n) is 9.34. The van der Waals surface area contributed by atoms with Gasteiger partial charge in [-0.2, -0.15) is 0 Å². The molecule has 0 aliphatic carbocycles. The lowest BCUT2D eigenvalue weighted by atomic mass is 10.4. The standard InChI is InChI=1S/C10H11Br3N2O2/c1-15(2)8(16)3-4-17-9-6(11)5-7(12)14-10(9)13/h5H,3-4H2,1-2H3. The molecule has 0 atom stereocenters. The van der Waals surface area contributed by atoms with Gasteiger partial charge in [-0.25, -0.2) is 4.98 Å². The number of hydrogen-bond acceptors (Lipinski definition) is 3. The molecule has 17 heavy (non-hydrogen) atoms. The van der Waals surface area contributed by atoms with Crippen LogP contribution in [0.4, 0.5) is 0 Å². The molecule has 1 aromatic rings. The highest BCUT2D eigenvalue weighted by atomic mass is 79.9. The van der Waals surface area contributed by atoms with Crippen LogP contribution in [0.5, 0.6) is 5.75 Å². The van der Waals surface area contributed by atoms with E-state index in [1.54, 1.807) is 20.2 Å². The van der Waals surface area contributed by atoms with Crippen molar-refractivity contribution in [3.05, 3.63) is 19.7 Å². The van der Waals surface area contributed by atoms with Crippen molar-refractivity contribution in [2.24, 2.45) is 0 Å². The third-order valence-corrected chi connectivity index (χ3v) is 3.45. The zero-order chi connectivity index (χ0) is 13.0. The summed E-state index contributed by atoms with van der Waals surface area (Å²) in [5, 5.41) is 0. The smallest absolute Gasteiger partial charge is 0.225 e. The number of carbonyl (C=O) groups is 1. The van der Waals surface area contributed by atoms with Crippen molar-refractivity contribution in [3.8, 4) is 5.75 Å². The second-order valence-electron chi connectivity index (χ2n) is 3.43. The molecule has 0 N–H and O–H groups in total. The number of aromatic nitrogens is 1. The molecule has 1 heterocycles. The molecule has 0 aliphatic rings. The van der Waals surface area contributed by atoms with Crippen molar-refractivity contribution in [1.29, 1.82) is 0 Å². The third-order valence-electron chi connectivity index (χ3n) is 1.92. The first kappa shape index (κ1) is 14.9. The average Bonchev–Trinajstić information content (AvgIpc) is 2.21. The van der Waals surface area contributed by atoms with Gasteiger partial charge in [-0.05, 0) is 53.9 Å². The van der Waals surface area contributed by atoms with Crippen molar-refractivity contribution in [1.82, 2.24) is 9.88 Å². The van der Waals surface area contributed by atoms with Crippen LogP contribution in [0.1, 0.15) is 6.42 Å². The summed E-state index contributed by atoms with van der Waals surface area (Å²) in [6.07, 6.45) is 0.335. The maximum Gasteiger partial charge on any atom is 0.225 e. The van der Waals surface area contributed by atoms with E-state index in [-0.39, 0.29) is 5.91 Å². The first-order valence-electron chi connectivity index (χ1n) is 4.76. The third kappa shape index (κ3) is 4.56. The highest BCUT2D eigenvalue weighted by Crippen LogP contribution is 2.33. The maximum absolute atomic E-state index is 11.4. The predicted molar refractivity (Wildman–Crippen MR) is 76.1 cm³/mol. The Hall–Kier alpha value is -0.140. The molecule has 0 spiro atoms. The molecule has 0 aliphatic heterocycles. The SMILES string of the molecule is CN(C)C(=O)CCOc1c(Br)cc(Br)nc1Br. The minimum Gasteiger partial charge on any atom is -0.489 e. The van der Waals surface area contributed by atoms with Crippen LogP contribution >= 0.6 is 47.8 Å². The fourth-order valence-corrected chi connectivity index (χ4v) is 3.29. The van der Waals surface area contributed by atoms with Gasteiger partial charge in [0.05, 0.1) is 17.5 Å². The molecule has 94 valence electrons. The van der Waals surface area contributed by atoms with Crippen LogP contribution in [0.15, 0.2) is 19.7 Å². The lowest BCUT2D eigenvalue weighted by Gasteiger charge is -2.12. The van der Waals surface area contributed by atoms with Gasteiger partial charge in [-0.15, -0.1) is 0 Å². The molecule has 1 rings (SSSR count). The lowest BCUT2D eigenvalue weighted by molar-refractivity contribution is -0.129. The summed E-state index contributed by atoms with van der Waals surface area (Å²) in [6, 6.07) is 1.79. The summed E-state index contributed by atoms with van der Waals surface area (Å²) in [6.45, 7) is 0.317. The number of pyridine rings is 1. The largest absolute Gasteiger partial charge is 0.489 e. The lowest BCUT2D eigenvalue weighted by Crippen LogP contribution is -2.23. The summed E-state index contributed by atoms with van der Waals surface area (Å²) in [5.41, 5.74) is 0. The van der Waals surface area contributed by atoms with Crippen LogP contribution in [0.25, 0.3) is 0 Å². The van der Waals surface area contributed by atoms with Crippen LogP contribution in [-0.2, 0) is 4.79 Å². The van der Waals surface area contributed by atoms with Crippen LogP contribution in [-0.4, -0.2) is 36.5 Å². The van der Waals surface area contributed by atoms with Crippen LogP contribution in [0, 0.1) is 0 Å². The molecule has 4 nitrogen and oxygen atoms in total. The molecule has 0 unspecified atom stereocenters. The molecule has 0 aromatic carbocycles. The average molecular weight is 431 g/mol. The second-order valence-corrected chi connectivity index (χ2v) is 5.85. The maximum atomic E-state index is 11.4. The van der Waals surface area contributed by atoms with E-state index in [0.717, 1.165) is 4.47 Å². The molecule has 0 saturated carbocycles. The zero-order valence-corrected chi connectivity index (χ0v) is 14.1. The Bertz CT molecular complexity index is 401. The van der Waals surface area contributed by atoms with Crippen molar-refractivity contribution in [2.75, 3.05) is 20.7 Å². The molecule has 0 saturated heterocycles. The highest BCUT2D eigenvalue weighted by molar-refractivity contribution is 9.11. The Morgan fingerprint density at radius 1 is 1.41 bits per heavy atom. The molecular formula is C10H11Br3N2O2. The number of nitrogens with zero attached hydrogens (tertiary/aromatic N) is 2. The quantitative estimate of drug-likeness (QED) is 0.689. The molecule has 1 aromatic heterocycles. The van der Waals surface area contributed by atoms with Crippen molar-refractivity contribution in [3.63, 3.8) is 0 Å². The first-order chi connectivity index (χ1) is 7.91. The minimum atomic E-state index is 0.0299. The Kier molecular flexibility index (Phi) is 5.88. The van der Waals surface area contributed by atoms with Gasteiger partial charge in [-0.1, -0.05) is 0 Å². The number of hydrogen-bond donors (Lipinski definition) is 0. The van der Waals surface area contributed by atoms with Gasteiger partial charge in [0, 0.05) is 14.1 Å². The van der Waals surface area contributed by atoms with Crippen LogP contribution in [0.2, 0.25) is 0 Å². The van der Waals surface area contributed by atoms with Gasteiger partial charge in [0.15, 0.2) is 5.75 Å². The summed E-state index contributed by atoms with van der Waals surface area (Å²) in [7, 11) is 3.44. The summed E-state index contributed by atoms with van der Waals surface area (Å²) in [4.78, 5) is 17.0. The Morgan fingerprint density at radius 2 is 2.06 bits per heavy atom. The Balaban J connectivity index is 2.61. The fourth-order valence-electron chi connectivity index (χ4n) is 1.04. The van der Waals surface area contributed by atoms with Gasteiger partial charge < -0.3 is 9.64 Å². The number of ether oxygens (including phenoxy) is 1. The fraction of sp³-hybridized carbons (Fsp3) is 0.400. The van der Waals surface area contributed by atoms with Gasteiger partial charge in [0.2, 0.25) is 5.91 Å². The topological polar surface area (TPSA) is 42.4 Å². The van der Waals surface area contributed by atoms with E-state index in [1.807, 2.05) is 0 Å². The minimum absolute atomic E-state index is 0.0299. The molecule has 0 bridgehead atoms. The van der Waals surface area contributed by atoms with Crippen molar-refractivity contribution >= 4 is 53.7 Å². The molecular weight excluding hydrogens is 420 g/mol. The highest BCUT2D eigenvalue weighted by Gasteiger charge is 2.11. The van der Waals surface area contributed by atoms with E-state index in [2.05, 4.69) is 52.8 Å². The molecule has 0 radical (unpaired) electrons. The summed E-state index contributed by atoms with van der Waals surface area (Å²) >= 11 is 9.95. The van der Waals surface area contributed by atoms with Gasteiger partial charge >= 0.3 is 0 Å². The van der Waals surface area contributed by atoms with E-state index in [1.165, 1.54) is 4.90 Å². The van der Waals surface area contributed by atoms with Crippen molar-refractivity contribution < 1.29 is 9.53 Å². The van der Waals surface area contributed by atoms with E-state index in [0.29, 0.717) is 28.0 Å². The van der Waals surface area contributed by atoms with E-state index in [9.17, 15) is 4.79 Å². The van der Waals surface area contributed by atoms with Crippen molar-refractivity contribution in [2.45, 2.75) is 6.42 Å². The van der Waals surface area contributed by atoms with Crippen LogP contribution in [0.3, 0.4) is 0 Å². The second kappa shape index (κ2) is 6.70. The Morgan fingerprint density at radius 3 is 2.59 bits per heavy atom. The Labute approximate surface area is 125 Å². The van der Waals surface area contributed by atoms with E-state index in [4.69, 9.17) is 4.74 Å². The molecule has 1 amide bonds. The van der Waals surface area contributed by atoms with E-state index < -0.39 is 0 Å². The summed E-state index contributed by atoms with van der Waals surface area (Å²) < 4.78 is 7.60. The summed E-state index contributed by atoms with van der Waals surface area (Å²) in [5.74, 6) is 0.627. The van der Waals surface area contributed by atoms with Gasteiger partial charge in [0.1, 0.15) is 9.21 Å². The predicted octanol–water partition coefficient (Wildman–Crippen LogP) is 3.23. The molecule has 0 fully saturated rings. The van der Waals surface area contributed by atoms with Gasteiger partial charge in [-0.3, -0.25) is 4.79 Å². The van der Waals surface area contributed by atoms with Gasteiger partial charge in [0.25, 0.3) is 0 Å². The molecule has 7 heteroatoms. The van der Waals surface area contributed by atoms with E-state index >= 15 is 0 Å². The number of carbonyl (C=O) groups excluding carboxylic acids is 1.